The van der Waals surface area contributed by atoms with Gasteiger partial charge in [0.25, 0.3) is 0 Å². The molecule has 16 heavy (non-hydrogen) atoms. The highest BCUT2D eigenvalue weighted by Gasteiger charge is 1.96. The van der Waals surface area contributed by atoms with Crippen molar-refractivity contribution in [3.63, 3.8) is 0 Å². The third-order valence-corrected chi connectivity index (χ3v) is 0.500. The van der Waals surface area contributed by atoms with Crippen LogP contribution in [-0.2, 0) is 13.7 Å². The van der Waals surface area contributed by atoms with Crippen molar-refractivity contribution in [1.82, 2.24) is 0 Å². The molecule has 3 unspecified atom stereocenters. The van der Waals surface area contributed by atoms with Gasteiger partial charge < -0.3 is 0 Å². The van der Waals surface area contributed by atoms with Crippen molar-refractivity contribution in [3.05, 3.63) is 0 Å². The monoisotopic (exact) mass is 355 g/mol. The molecule has 0 fully saturated rings. The van der Waals surface area contributed by atoms with Gasteiger partial charge in [0.1, 0.15) is 0 Å². The van der Waals surface area contributed by atoms with Gasteiger partial charge >= 0.3 is 22.1 Å². The van der Waals surface area contributed by atoms with Crippen LogP contribution in [0.3, 0.4) is 0 Å². The second-order valence-electron chi connectivity index (χ2n) is 1.68. The number of halogens is 3. The Morgan fingerprint density at radius 1 is 0.750 bits per heavy atom. The topological polar surface area (TPSA) is 112 Å². The minimum atomic E-state index is -2.40. The van der Waals surface area contributed by atoms with Crippen LogP contribution in [0, 0.1) is 0 Å². The van der Waals surface area contributed by atoms with Crippen LogP contribution in [0.5, 0.6) is 0 Å². The molecule has 0 rings (SSSR count). The Labute approximate surface area is 111 Å². The molecule has 0 saturated carbocycles. The van der Waals surface area contributed by atoms with Gasteiger partial charge in [0.15, 0.2) is 0 Å². The first-order valence-corrected chi connectivity index (χ1v) is 9.92. The van der Waals surface area contributed by atoms with Crippen molar-refractivity contribution in [3.8, 4) is 0 Å². The molecule has 0 aromatic carbocycles. The fourth-order valence-corrected chi connectivity index (χ4v) is 0. The highest BCUT2D eigenvalue weighted by atomic mass is 35.7. The molecule has 0 saturated heterocycles. The normalized spacial score (nSPS) is 10.1. The van der Waals surface area contributed by atoms with Crippen LogP contribution in [0.4, 0.5) is 0 Å². The summed E-state index contributed by atoms with van der Waals surface area (Å²) in [6.45, 7) is 4.36. The lowest BCUT2D eigenvalue weighted by molar-refractivity contribution is 0.517. The van der Waals surface area contributed by atoms with Crippen LogP contribution < -0.4 is 0 Å². The van der Waals surface area contributed by atoms with Gasteiger partial charge in [-0.1, -0.05) is 26.7 Å². The van der Waals surface area contributed by atoms with Crippen molar-refractivity contribution in [1.29, 1.82) is 0 Å². The zero-order chi connectivity index (χ0) is 14.1. The minimum Gasteiger partial charge on any atom is -0.145 e. The van der Waals surface area contributed by atoms with Crippen LogP contribution in [0.15, 0.2) is 0 Å². The van der Waals surface area contributed by atoms with E-state index in [0.717, 1.165) is 0 Å². The van der Waals surface area contributed by atoms with Gasteiger partial charge in [0.2, 0.25) is 33.7 Å². The Balaban J connectivity index is -0.0000000600. The van der Waals surface area contributed by atoms with Crippen LogP contribution >= 0.6 is 55.9 Å². The molecular weight excluding hydrogens is 343 g/mol. The molecule has 0 aliphatic carbocycles. The third-order valence-electron chi connectivity index (χ3n) is 0.500. The lowest BCUT2D eigenvalue weighted by atomic mass is 10.4. The molecule has 3 N–H and O–H groups in total. The summed E-state index contributed by atoms with van der Waals surface area (Å²) in [5.41, 5.74) is 0. The molecule has 12 heteroatoms. The van der Waals surface area contributed by atoms with E-state index in [1.54, 1.807) is 0 Å². The van der Waals surface area contributed by atoms with Crippen LogP contribution in [0.25, 0.3) is 0 Å². The Morgan fingerprint density at radius 3 is 0.812 bits per heavy atom. The van der Waals surface area contributed by atoms with Gasteiger partial charge in [-0.15, -0.1) is 14.7 Å². The molecule has 0 aromatic heterocycles. The molecule has 0 amide bonds. The quantitative estimate of drug-likeness (QED) is 0.599. The predicted molar refractivity (Wildman–Crippen MR) is 67.6 cm³/mol. The van der Waals surface area contributed by atoms with Gasteiger partial charge in [0.05, 0.1) is 0 Å². The summed E-state index contributed by atoms with van der Waals surface area (Å²) in [5.74, 6) is 0. The first kappa shape index (κ1) is 25.8. The molecule has 0 aliphatic heterocycles. The summed E-state index contributed by atoms with van der Waals surface area (Å²) < 4.78 is 26.7. The van der Waals surface area contributed by atoms with E-state index in [0.29, 0.717) is 0 Å². The van der Waals surface area contributed by atoms with Crippen LogP contribution in [0.1, 0.15) is 26.7 Å². The summed E-state index contributed by atoms with van der Waals surface area (Å²) in [4.78, 5) is 22.0. The highest BCUT2D eigenvalue weighted by molar-refractivity contribution is 7.69. The van der Waals surface area contributed by atoms with Crippen LogP contribution in [0.2, 0.25) is 0 Å². The molecule has 0 aliphatic rings. The zero-order valence-corrected chi connectivity index (χ0v) is 13.4. The molecule has 0 bridgehead atoms. The summed E-state index contributed by atoms with van der Waals surface area (Å²) in [6.07, 6.45) is 2.64. The average Bonchev–Trinajstić information content (AvgIpc) is 2.00. The van der Waals surface area contributed by atoms with Crippen molar-refractivity contribution in [2.75, 3.05) is 0 Å². The fraction of sp³-hybridized carbons (Fsp3) is 1.00. The van der Waals surface area contributed by atoms with Crippen molar-refractivity contribution >= 4 is 55.9 Å². The van der Waals surface area contributed by atoms with Gasteiger partial charge in [0, 0.05) is 0 Å². The molecule has 3 atom stereocenters. The van der Waals surface area contributed by atoms with E-state index in [1.165, 1.54) is 12.8 Å². The van der Waals surface area contributed by atoms with Crippen molar-refractivity contribution in [2.45, 2.75) is 26.7 Å². The standard InChI is InChI=1S/C4H10.3ClO2P/c1-3-4-2;3*1-4(2)3/h3-4H2,1-2H3;;;/p+3. The second-order valence-corrected chi connectivity index (χ2v) is 5.64. The first-order chi connectivity index (χ1) is 7.11. The number of hydrogen-bond donors (Lipinski definition) is 3. The number of unbranched alkanes of at least 4 members (excludes halogenated alkanes) is 1. The molecule has 6 nitrogen and oxygen atoms in total. The molecule has 0 spiro atoms. The van der Waals surface area contributed by atoms with Gasteiger partial charge in [-0.05, 0) is 13.7 Å². The van der Waals surface area contributed by atoms with E-state index in [-0.39, 0.29) is 0 Å². The lowest BCUT2D eigenvalue weighted by Crippen LogP contribution is -1.47. The SMILES string of the molecule is CCCC.O=[P+](O)Cl.O=[P+](O)Cl.O=[P+](O)Cl. The Bertz CT molecular complexity index is 149. The van der Waals surface area contributed by atoms with Gasteiger partial charge in [-0.3, -0.25) is 0 Å². The number of hydrogen-bond acceptors (Lipinski definition) is 3. The second kappa shape index (κ2) is 25.0. The van der Waals surface area contributed by atoms with E-state index in [1.807, 2.05) is 0 Å². The van der Waals surface area contributed by atoms with E-state index in [2.05, 4.69) is 47.6 Å². The van der Waals surface area contributed by atoms with E-state index >= 15 is 0 Å². The Hall–Kier alpha value is 1.05. The van der Waals surface area contributed by atoms with Crippen molar-refractivity contribution in [2.24, 2.45) is 0 Å². The summed E-state index contributed by atoms with van der Waals surface area (Å²) in [7, 11) is -7.19. The van der Waals surface area contributed by atoms with Crippen molar-refractivity contribution < 1.29 is 28.4 Å². The Morgan fingerprint density at radius 2 is 0.812 bits per heavy atom. The van der Waals surface area contributed by atoms with E-state index in [9.17, 15) is 0 Å². The first-order valence-electron chi connectivity index (χ1n) is 3.57. The summed E-state index contributed by atoms with van der Waals surface area (Å²) in [5, 5.41) is 0. The largest absolute Gasteiger partial charge is 0.631 e. The maximum Gasteiger partial charge on any atom is 0.631 e. The average molecular weight is 356 g/mol. The minimum absolute atomic E-state index is 1.32. The molecule has 0 heterocycles. The molecule has 0 radical (unpaired) electrons. The maximum atomic E-state index is 8.91. The molecule has 98 valence electrons. The van der Waals surface area contributed by atoms with Gasteiger partial charge in [-0.25, -0.2) is 0 Å². The predicted octanol–water partition coefficient (Wildman–Crippen LogP) is 4.43. The summed E-state index contributed by atoms with van der Waals surface area (Å²) in [6, 6.07) is 0. The van der Waals surface area contributed by atoms with Crippen LogP contribution in [-0.4, -0.2) is 14.7 Å². The Kier molecular flexibility index (Phi) is 40.4. The maximum absolute atomic E-state index is 8.91. The number of rotatable bonds is 1. The van der Waals surface area contributed by atoms with E-state index in [4.69, 9.17) is 28.4 Å². The molecule has 0 aromatic rings. The van der Waals surface area contributed by atoms with Gasteiger partial charge in [-0.2, -0.15) is 0 Å². The fourth-order valence-electron chi connectivity index (χ4n) is 0. The zero-order valence-electron chi connectivity index (χ0n) is 8.46. The van der Waals surface area contributed by atoms with E-state index < -0.39 is 22.1 Å². The third kappa shape index (κ3) is 707. The highest BCUT2D eigenvalue weighted by Crippen LogP contribution is 2.17. The smallest absolute Gasteiger partial charge is 0.145 e. The lowest BCUT2D eigenvalue weighted by Gasteiger charge is -1.68. The molecular formula is C4H13Cl3O6P3+3. The summed E-state index contributed by atoms with van der Waals surface area (Å²) >= 11 is 13.0.